The number of anilines is 1. The molecule has 178 valence electrons. The normalized spacial score (nSPS) is 14.2. The number of furan rings is 1. The minimum atomic E-state index is -0.732. The number of rotatable bonds is 7. The number of nitrogens with zero attached hydrogens (tertiary/aromatic N) is 2. The smallest absolute Gasteiger partial charge is 0.433 e. The highest BCUT2D eigenvalue weighted by Crippen LogP contribution is 2.40. The van der Waals surface area contributed by atoms with Gasteiger partial charge >= 0.3 is 5.88 Å². The fourth-order valence-corrected chi connectivity index (χ4v) is 4.01. The van der Waals surface area contributed by atoms with Crippen molar-refractivity contribution in [3.63, 3.8) is 0 Å². The number of hydrazine groups is 1. The third kappa shape index (κ3) is 5.27. The summed E-state index contributed by atoms with van der Waals surface area (Å²) in [6.07, 6.45) is 1.30. The molecule has 2 aromatic rings. The van der Waals surface area contributed by atoms with E-state index in [2.05, 4.69) is 10.7 Å². The number of hydrogen-bond acceptors (Lipinski definition) is 11. The van der Waals surface area contributed by atoms with Gasteiger partial charge in [-0.05, 0) is 18.3 Å². The highest BCUT2D eigenvalue weighted by Gasteiger charge is 2.34. The molecular formula is C19H16N4O8S3. The molecule has 2 N–H and O–H groups in total. The first-order chi connectivity index (χ1) is 16.2. The Morgan fingerprint density at radius 3 is 2.38 bits per heavy atom. The largest absolute Gasteiger partial charge is 0.493 e. The number of benzene rings is 1. The number of thiocarbonyl (C=S) groups is 2. The van der Waals surface area contributed by atoms with Crippen molar-refractivity contribution in [2.45, 2.75) is 0 Å². The molecule has 0 radical (unpaired) electrons. The second-order valence-corrected chi connectivity index (χ2v) is 8.34. The standard InChI is InChI=1S/C19H16N4O8S3/c1-28-11-6-9(7-12(29-2)15(11)30-3)20-16(24)17(32)21-22-18(25)13(34-19(22)33)8-10-4-5-14(31-10)23(26)27/h4-8H,1-3H3,(H,20,24)(H,21,32)/b13-8+. The van der Waals surface area contributed by atoms with E-state index in [-0.39, 0.29) is 20.0 Å². The highest BCUT2D eigenvalue weighted by atomic mass is 32.2. The number of hydrogen-bond donors (Lipinski definition) is 2. The van der Waals surface area contributed by atoms with Crippen LogP contribution in [0, 0.1) is 10.1 Å². The molecule has 1 saturated heterocycles. The molecule has 1 aromatic heterocycles. The minimum absolute atomic E-state index is 0.0697. The maximum atomic E-state index is 12.7. The number of nitro groups is 1. The van der Waals surface area contributed by atoms with E-state index in [4.69, 9.17) is 43.1 Å². The SMILES string of the molecule is COc1cc(NC(=O)C(=S)NN2C(=O)/C(=C\c3ccc([N+](=O)[O-])o3)SC2=S)cc(OC)c1OC. The Morgan fingerprint density at radius 2 is 1.85 bits per heavy atom. The van der Waals surface area contributed by atoms with E-state index in [1.54, 1.807) is 0 Å². The second-order valence-electron chi connectivity index (χ2n) is 6.26. The van der Waals surface area contributed by atoms with E-state index >= 15 is 0 Å². The van der Waals surface area contributed by atoms with Crippen molar-refractivity contribution in [1.29, 1.82) is 0 Å². The van der Waals surface area contributed by atoms with Gasteiger partial charge in [0.2, 0.25) is 5.75 Å². The van der Waals surface area contributed by atoms with Crippen molar-refractivity contribution in [2.24, 2.45) is 0 Å². The first kappa shape index (κ1) is 24.9. The predicted molar refractivity (Wildman–Crippen MR) is 131 cm³/mol. The average Bonchev–Trinajstić information content (AvgIpc) is 3.38. The zero-order valence-corrected chi connectivity index (χ0v) is 20.2. The van der Waals surface area contributed by atoms with E-state index in [1.165, 1.54) is 45.6 Å². The van der Waals surface area contributed by atoms with Crippen LogP contribution in [0.25, 0.3) is 6.08 Å². The molecule has 0 unspecified atom stereocenters. The Kier molecular flexibility index (Phi) is 7.70. The molecule has 1 aliphatic rings. The van der Waals surface area contributed by atoms with Crippen LogP contribution in [0.1, 0.15) is 5.76 Å². The van der Waals surface area contributed by atoms with Crippen molar-refractivity contribution in [1.82, 2.24) is 10.4 Å². The van der Waals surface area contributed by atoms with Gasteiger partial charge in [0.05, 0.1) is 32.3 Å². The van der Waals surface area contributed by atoms with Gasteiger partial charge in [-0.3, -0.25) is 25.1 Å². The molecule has 0 spiro atoms. The fourth-order valence-electron chi connectivity index (χ4n) is 2.70. The molecule has 0 atom stereocenters. The van der Waals surface area contributed by atoms with E-state index in [9.17, 15) is 19.7 Å². The molecule has 15 heteroatoms. The zero-order chi connectivity index (χ0) is 25.0. The van der Waals surface area contributed by atoms with Gasteiger partial charge in [-0.25, -0.2) is 0 Å². The number of thioether (sulfide) groups is 1. The summed E-state index contributed by atoms with van der Waals surface area (Å²) in [5, 5.41) is 14.2. The number of ether oxygens (including phenoxy) is 3. The Morgan fingerprint density at radius 1 is 1.21 bits per heavy atom. The predicted octanol–water partition coefficient (Wildman–Crippen LogP) is 2.89. The van der Waals surface area contributed by atoms with E-state index < -0.39 is 22.6 Å². The van der Waals surface area contributed by atoms with Crippen molar-refractivity contribution >= 4 is 75.0 Å². The average molecular weight is 525 g/mol. The summed E-state index contributed by atoms with van der Waals surface area (Å²) in [4.78, 5) is 35.1. The molecule has 2 amide bonds. The molecule has 1 aromatic carbocycles. The van der Waals surface area contributed by atoms with Crippen molar-refractivity contribution in [3.05, 3.63) is 45.0 Å². The van der Waals surface area contributed by atoms with Gasteiger partial charge in [-0.15, -0.1) is 0 Å². The van der Waals surface area contributed by atoms with Crippen LogP contribution in [0.5, 0.6) is 17.2 Å². The number of methoxy groups -OCH3 is 3. The van der Waals surface area contributed by atoms with Crippen LogP contribution in [0.4, 0.5) is 11.6 Å². The Labute approximate surface area is 207 Å². The second kappa shape index (κ2) is 10.5. The van der Waals surface area contributed by atoms with Crippen LogP contribution in [0.3, 0.4) is 0 Å². The number of nitrogens with one attached hydrogen (secondary N) is 2. The molecular weight excluding hydrogens is 508 g/mol. The lowest BCUT2D eigenvalue weighted by molar-refractivity contribution is -0.402. The van der Waals surface area contributed by atoms with Crippen molar-refractivity contribution in [2.75, 3.05) is 26.6 Å². The first-order valence-corrected chi connectivity index (χ1v) is 10.8. The van der Waals surface area contributed by atoms with Crippen LogP contribution >= 0.6 is 36.2 Å². The van der Waals surface area contributed by atoms with E-state index in [0.29, 0.717) is 22.9 Å². The molecule has 0 saturated carbocycles. The summed E-state index contributed by atoms with van der Waals surface area (Å²) >= 11 is 11.2. The maximum Gasteiger partial charge on any atom is 0.433 e. The molecule has 0 aliphatic carbocycles. The monoisotopic (exact) mass is 524 g/mol. The van der Waals surface area contributed by atoms with Crippen LogP contribution in [-0.4, -0.2) is 52.4 Å². The van der Waals surface area contributed by atoms with Gasteiger partial charge in [0.25, 0.3) is 11.8 Å². The number of carbonyl (C=O) groups excluding carboxylic acids is 2. The summed E-state index contributed by atoms with van der Waals surface area (Å²) in [6, 6.07) is 5.51. The molecule has 12 nitrogen and oxygen atoms in total. The topological polar surface area (TPSA) is 145 Å². The summed E-state index contributed by atoms with van der Waals surface area (Å²) in [6.45, 7) is 0. The van der Waals surface area contributed by atoms with Gasteiger partial charge in [0.1, 0.15) is 10.7 Å². The lowest BCUT2D eigenvalue weighted by Gasteiger charge is -2.18. The first-order valence-electron chi connectivity index (χ1n) is 9.12. The van der Waals surface area contributed by atoms with Gasteiger partial charge < -0.3 is 23.9 Å². The molecule has 3 rings (SSSR count). The fraction of sp³-hybridized carbons (Fsp3) is 0.158. The molecule has 1 aliphatic heterocycles. The Hall–Kier alpha value is -3.69. The van der Waals surface area contributed by atoms with Crippen LogP contribution < -0.4 is 25.0 Å². The number of amides is 2. The summed E-state index contributed by atoms with van der Waals surface area (Å²) in [5.41, 5.74) is 2.79. The van der Waals surface area contributed by atoms with Crippen molar-refractivity contribution < 1.29 is 33.1 Å². The molecule has 1 fully saturated rings. The molecule has 2 heterocycles. The minimum Gasteiger partial charge on any atom is -0.493 e. The molecule has 34 heavy (non-hydrogen) atoms. The van der Waals surface area contributed by atoms with Gasteiger partial charge in [-0.2, -0.15) is 5.01 Å². The van der Waals surface area contributed by atoms with Gasteiger partial charge in [0.15, 0.2) is 20.8 Å². The lowest BCUT2D eigenvalue weighted by atomic mass is 10.2. The number of carbonyl (C=O) groups is 2. The van der Waals surface area contributed by atoms with Crippen molar-refractivity contribution in [3.8, 4) is 17.2 Å². The summed E-state index contributed by atoms with van der Waals surface area (Å²) in [7, 11) is 4.30. The van der Waals surface area contributed by atoms with Crippen LogP contribution in [-0.2, 0) is 9.59 Å². The van der Waals surface area contributed by atoms with Crippen LogP contribution in [0.2, 0.25) is 0 Å². The van der Waals surface area contributed by atoms with Crippen LogP contribution in [0.15, 0.2) is 33.6 Å². The quantitative estimate of drug-likeness (QED) is 0.238. The highest BCUT2D eigenvalue weighted by molar-refractivity contribution is 8.26. The summed E-state index contributed by atoms with van der Waals surface area (Å²) in [5.74, 6) is -0.747. The van der Waals surface area contributed by atoms with E-state index in [1.807, 2.05) is 0 Å². The molecule has 0 bridgehead atoms. The zero-order valence-electron chi connectivity index (χ0n) is 17.8. The van der Waals surface area contributed by atoms with Gasteiger partial charge in [0, 0.05) is 23.9 Å². The lowest BCUT2D eigenvalue weighted by Crippen LogP contribution is -2.48. The summed E-state index contributed by atoms with van der Waals surface area (Å²) < 4.78 is 20.8. The van der Waals surface area contributed by atoms with E-state index in [0.717, 1.165) is 22.8 Å². The Bertz CT molecular complexity index is 1200. The Balaban J connectivity index is 1.71. The van der Waals surface area contributed by atoms with Gasteiger partial charge in [-0.1, -0.05) is 24.0 Å². The third-order valence-electron chi connectivity index (χ3n) is 4.20. The third-order valence-corrected chi connectivity index (χ3v) is 5.78. The maximum absolute atomic E-state index is 12.7.